The molecule has 35 heavy (non-hydrogen) atoms. The maximum absolute atomic E-state index is 4.97. The Morgan fingerprint density at radius 3 is 2.03 bits per heavy atom. The molecule has 2 fully saturated rings. The predicted molar refractivity (Wildman–Crippen MR) is 144 cm³/mol. The first-order valence-electron chi connectivity index (χ1n) is 13.2. The van der Waals surface area contributed by atoms with Crippen LogP contribution in [0.15, 0.2) is 65.9 Å². The Kier molecular flexibility index (Phi) is 6.36. The van der Waals surface area contributed by atoms with Gasteiger partial charge in [-0.2, -0.15) is 0 Å². The van der Waals surface area contributed by atoms with Crippen molar-refractivity contribution in [1.29, 1.82) is 0 Å². The van der Waals surface area contributed by atoms with Gasteiger partial charge in [-0.15, -0.1) is 0 Å². The topological polar surface area (TPSA) is 65.1 Å². The molecule has 0 radical (unpaired) electrons. The minimum absolute atomic E-state index is 0.366. The molecule has 1 aromatic heterocycles. The van der Waals surface area contributed by atoms with E-state index in [-0.39, 0.29) is 0 Å². The molecular weight excluding hydrogens is 430 g/mol. The van der Waals surface area contributed by atoms with Crippen LogP contribution in [0.4, 0.5) is 0 Å². The fourth-order valence-corrected chi connectivity index (χ4v) is 5.75. The van der Waals surface area contributed by atoms with Crippen molar-refractivity contribution >= 4 is 11.3 Å². The number of H-pyrrole nitrogens is 1. The molecule has 180 valence electrons. The Hall–Kier alpha value is -3.02. The normalized spacial score (nSPS) is 24.8. The van der Waals surface area contributed by atoms with Gasteiger partial charge in [0, 0.05) is 18.0 Å². The van der Waals surface area contributed by atoms with Crippen LogP contribution in [0.5, 0.6) is 0 Å². The van der Waals surface area contributed by atoms with E-state index in [1.165, 1.54) is 52.8 Å². The van der Waals surface area contributed by atoms with Gasteiger partial charge in [0.15, 0.2) is 0 Å². The number of hydrogen-bond acceptors (Lipinski definition) is 4. The van der Waals surface area contributed by atoms with Crippen LogP contribution in [-0.2, 0) is 0 Å². The van der Waals surface area contributed by atoms with Crippen molar-refractivity contribution in [2.24, 2.45) is 10.9 Å². The lowest BCUT2D eigenvalue weighted by Crippen LogP contribution is -2.34. The summed E-state index contributed by atoms with van der Waals surface area (Å²) in [5.41, 5.74) is 8.70. The van der Waals surface area contributed by atoms with E-state index in [4.69, 9.17) is 4.99 Å². The zero-order chi connectivity index (χ0) is 23.6. The van der Waals surface area contributed by atoms with Gasteiger partial charge in [0.25, 0.3) is 0 Å². The minimum Gasteiger partial charge on any atom is -0.341 e. The number of nitrogens with one attached hydrogen (secondary N) is 3. The zero-order valence-electron chi connectivity index (χ0n) is 20.6. The largest absolute Gasteiger partial charge is 0.341 e. The molecule has 3 atom stereocenters. The van der Waals surface area contributed by atoms with Crippen LogP contribution in [0.25, 0.3) is 28.0 Å². The van der Waals surface area contributed by atoms with Crippen molar-refractivity contribution in [3.8, 4) is 22.4 Å². The third-order valence-corrected chi connectivity index (χ3v) is 7.91. The molecule has 0 bridgehead atoms. The van der Waals surface area contributed by atoms with Crippen LogP contribution in [0.3, 0.4) is 0 Å². The van der Waals surface area contributed by atoms with E-state index in [0.717, 1.165) is 43.9 Å². The Balaban J connectivity index is 1.16. The molecule has 3 aliphatic heterocycles. The number of aliphatic imine (C=N–C) groups is 1. The van der Waals surface area contributed by atoms with Crippen LogP contribution >= 0.6 is 0 Å². The maximum Gasteiger partial charge on any atom is 0.123 e. The molecular formula is C30H35N5. The Morgan fingerprint density at radius 2 is 1.37 bits per heavy atom. The van der Waals surface area contributed by atoms with Gasteiger partial charge in [-0.25, -0.2) is 4.98 Å². The second kappa shape index (κ2) is 9.92. The van der Waals surface area contributed by atoms with Crippen LogP contribution in [-0.4, -0.2) is 34.8 Å². The first kappa shape index (κ1) is 22.4. The molecule has 3 N–H and O–H groups in total. The van der Waals surface area contributed by atoms with E-state index in [2.05, 4.69) is 82.3 Å². The average Bonchev–Trinajstić information content (AvgIpc) is 3.68. The van der Waals surface area contributed by atoms with E-state index in [0.29, 0.717) is 18.0 Å². The highest BCUT2D eigenvalue weighted by molar-refractivity contribution is 5.93. The Morgan fingerprint density at radius 1 is 0.743 bits per heavy atom. The lowest BCUT2D eigenvalue weighted by Gasteiger charge is -2.18. The lowest BCUT2D eigenvalue weighted by atomic mass is 9.91. The second-order valence-corrected chi connectivity index (χ2v) is 10.3. The van der Waals surface area contributed by atoms with Gasteiger partial charge in [0.1, 0.15) is 5.82 Å². The molecule has 0 spiro atoms. The van der Waals surface area contributed by atoms with Gasteiger partial charge >= 0.3 is 0 Å². The number of aromatic amines is 1. The highest BCUT2D eigenvalue weighted by Gasteiger charge is 2.25. The van der Waals surface area contributed by atoms with E-state index in [9.17, 15) is 0 Å². The fraction of sp³-hybridized carbons (Fsp3) is 0.400. The SMILES string of the molecule is CC1CCC(c2ccc(-c3ccc(-c4cnc(C5CCCN5)[nH]4)cc3)cc2)=CN=C1C1CCCN1. The molecule has 2 aromatic carbocycles. The first-order valence-corrected chi connectivity index (χ1v) is 13.2. The third-order valence-electron chi connectivity index (χ3n) is 7.91. The summed E-state index contributed by atoms with van der Waals surface area (Å²) in [4.78, 5) is 13.1. The number of imidazole rings is 1. The minimum atomic E-state index is 0.366. The summed E-state index contributed by atoms with van der Waals surface area (Å²) in [6, 6.07) is 18.6. The molecule has 6 rings (SSSR count). The third kappa shape index (κ3) is 4.75. The lowest BCUT2D eigenvalue weighted by molar-refractivity contribution is 0.613. The highest BCUT2D eigenvalue weighted by atomic mass is 15.0. The van der Waals surface area contributed by atoms with Crippen molar-refractivity contribution in [2.45, 2.75) is 57.5 Å². The van der Waals surface area contributed by atoms with E-state index < -0.39 is 0 Å². The van der Waals surface area contributed by atoms with Crippen LogP contribution in [0, 0.1) is 5.92 Å². The van der Waals surface area contributed by atoms with Crippen molar-refractivity contribution in [3.63, 3.8) is 0 Å². The van der Waals surface area contributed by atoms with Crippen molar-refractivity contribution < 1.29 is 0 Å². The number of benzene rings is 2. The van der Waals surface area contributed by atoms with Gasteiger partial charge in [-0.3, -0.25) is 4.99 Å². The van der Waals surface area contributed by atoms with E-state index in [1.807, 2.05) is 6.20 Å². The number of rotatable bonds is 5. The Bertz CT molecular complexity index is 1210. The molecule has 5 nitrogen and oxygen atoms in total. The van der Waals surface area contributed by atoms with Gasteiger partial charge < -0.3 is 15.6 Å². The van der Waals surface area contributed by atoms with Crippen molar-refractivity contribution in [1.82, 2.24) is 20.6 Å². The van der Waals surface area contributed by atoms with Crippen LogP contribution < -0.4 is 10.6 Å². The van der Waals surface area contributed by atoms with Crippen LogP contribution in [0.2, 0.25) is 0 Å². The van der Waals surface area contributed by atoms with Gasteiger partial charge in [0.05, 0.1) is 17.9 Å². The van der Waals surface area contributed by atoms with Crippen LogP contribution in [0.1, 0.15) is 62.9 Å². The monoisotopic (exact) mass is 465 g/mol. The first-order chi connectivity index (χ1) is 17.2. The van der Waals surface area contributed by atoms with Crippen molar-refractivity contribution in [2.75, 3.05) is 13.1 Å². The molecule has 3 aromatic rings. The van der Waals surface area contributed by atoms with Crippen molar-refractivity contribution in [3.05, 3.63) is 72.3 Å². The maximum atomic E-state index is 4.97. The molecule has 3 aliphatic rings. The standard InChI is InChI=1S/C30H35N5/c1-20-6-7-25(18-33-29(20)26-4-2-16-31-26)23-10-8-21(9-11-23)22-12-14-24(15-13-22)28-19-34-30(35-28)27-5-3-17-32-27/h8-15,18-20,26-27,31-32H,2-7,16-17H2,1H3,(H,34,35). The molecule has 0 amide bonds. The summed E-state index contributed by atoms with van der Waals surface area (Å²) in [5.74, 6) is 1.59. The number of allylic oxidation sites excluding steroid dienone is 1. The highest BCUT2D eigenvalue weighted by Crippen LogP contribution is 2.31. The van der Waals surface area contributed by atoms with Gasteiger partial charge in [-0.05, 0) is 85.4 Å². The molecule has 0 aliphatic carbocycles. The summed E-state index contributed by atoms with van der Waals surface area (Å²) in [6.07, 6.45) is 11.2. The summed E-state index contributed by atoms with van der Waals surface area (Å²) in [7, 11) is 0. The number of hydrogen-bond donors (Lipinski definition) is 3. The summed E-state index contributed by atoms with van der Waals surface area (Å²) < 4.78 is 0. The molecule has 0 saturated carbocycles. The van der Waals surface area contributed by atoms with Gasteiger partial charge in [0.2, 0.25) is 0 Å². The van der Waals surface area contributed by atoms with E-state index in [1.54, 1.807) is 0 Å². The number of aromatic nitrogens is 2. The molecule has 4 heterocycles. The van der Waals surface area contributed by atoms with E-state index >= 15 is 0 Å². The Labute approximate surface area is 208 Å². The second-order valence-electron chi connectivity index (χ2n) is 10.3. The quantitative estimate of drug-likeness (QED) is 0.425. The fourth-order valence-electron chi connectivity index (χ4n) is 5.75. The molecule has 2 saturated heterocycles. The zero-order valence-corrected chi connectivity index (χ0v) is 20.6. The average molecular weight is 466 g/mol. The predicted octanol–water partition coefficient (Wildman–Crippen LogP) is 6.13. The smallest absolute Gasteiger partial charge is 0.123 e. The number of nitrogens with zero attached hydrogens (tertiary/aromatic N) is 2. The summed E-state index contributed by atoms with van der Waals surface area (Å²) in [5, 5.41) is 7.13. The molecule has 5 heteroatoms. The molecule has 3 unspecified atom stereocenters. The summed E-state index contributed by atoms with van der Waals surface area (Å²) in [6.45, 7) is 4.53. The summed E-state index contributed by atoms with van der Waals surface area (Å²) >= 11 is 0. The van der Waals surface area contributed by atoms with Gasteiger partial charge in [-0.1, -0.05) is 55.5 Å².